The van der Waals surface area contributed by atoms with Gasteiger partial charge in [0.25, 0.3) is 5.91 Å². The molecule has 0 fully saturated rings. The van der Waals surface area contributed by atoms with E-state index in [1.54, 1.807) is 31.4 Å². The minimum atomic E-state index is -0.262. The van der Waals surface area contributed by atoms with Crippen molar-refractivity contribution in [3.05, 3.63) is 71.5 Å². The largest absolute Gasteiger partial charge is 0.497 e. The van der Waals surface area contributed by atoms with Gasteiger partial charge < -0.3 is 14.6 Å². The fraction of sp³-hybridized carbons (Fsp3) is 0.273. The molecule has 3 rings (SSSR count). The molecule has 1 heterocycles. The van der Waals surface area contributed by atoms with Gasteiger partial charge >= 0.3 is 0 Å². The maximum absolute atomic E-state index is 12.8. The summed E-state index contributed by atoms with van der Waals surface area (Å²) in [5.74, 6) is 1.53. The van der Waals surface area contributed by atoms with Crippen molar-refractivity contribution >= 4 is 28.5 Å². The summed E-state index contributed by atoms with van der Waals surface area (Å²) in [5, 5.41) is 3.72. The molecule has 3 aromatic rings. The zero-order valence-corrected chi connectivity index (χ0v) is 17.0. The standard InChI is InChI=1S/C22H24ClN3O2/c1-5-12-26-19-13-17(28-4)10-11-18(19)24-21(26)20(14(2)3)25-22(27)15-6-8-16(23)9-7-15/h5-11,13-14,20H,1,12H2,2-4H3,(H,25,27). The SMILES string of the molecule is C=CCn1c(C(NC(=O)c2ccc(Cl)cc2)C(C)C)nc2ccc(OC)cc21. The van der Waals surface area contributed by atoms with Crippen molar-refractivity contribution < 1.29 is 9.53 Å². The van der Waals surface area contributed by atoms with Crippen LogP contribution in [0.4, 0.5) is 0 Å². The summed E-state index contributed by atoms with van der Waals surface area (Å²) >= 11 is 5.93. The smallest absolute Gasteiger partial charge is 0.251 e. The number of benzene rings is 2. The molecule has 146 valence electrons. The number of carbonyl (C=O) groups is 1. The summed E-state index contributed by atoms with van der Waals surface area (Å²) < 4.78 is 7.42. The third-order valence-electron chi connectivity index (χ3n) is 4.63. The predicted molar refractivity (Wildman–Crippen MR) is 113 cm³/mol. The van der Waals surface area contributed by atoms with Crippen LogP contribution in [0, 0.1) is 5.92 Å². The lowest BCUT2D eigenvalue weighted by molar-refractivity contribution is 0.0922. The van der Waals surface area contributed by atoms with Gasteiger partial charge in [0.05, 0.1) is 24.2 Å². The molecule has 0 spiro atoms. The number of nitrogens with zero attached hydrogens (tertiary/aromatic N) is 2. The van der Waals surface area contributed by atoms with Crippen molar-refractivity contribution in [2.45, 2.75) is 26.4 Å². The third kappa shape index (κ3) is 4.04. The molecule has 0 saturated carbocycles. The Morgan fingerprint density at radius 3 is 2.61 bits per heavy atom. The van der Waals surface area contributed by atoms with Gasteiger partial charge in [-0.15, -0.1) is 6.58 Å². The Hall–Kier alpha value is -2.79. The van der Waals surface area contributed by atoms with E-state index in [0.29, 0.717) is 17.1 Å². The van der Waals surface area contributed by atoms with Crippen LogP contribution >= 0.6 is 11.6 Å². The minimum absolute atomic E-state index is 0.138. The van der Waals surface area contributed by atoms with E-state index in [4.69, 9.17) is 21.3 Å². The quantitative estimate of drug-likeness (QED) is 0.570. The highest BCUT2D eigenvalue weighted by Gasteiger charge is 2.25. The van der Waals surface area contributed by atoms with E-state index < -0.39 is 0 Å². The number of fused-ring (bicyclic) bond motifs is 1. The second-order valence-electron chi connectivity index (χ2n) is 6.93. The van der Waals surface area contributed by atoms with Crippen molar-refractivity contribution in [2.24, 2.45) is 5.92 Å². The van der Waals surface area contributed by atoms with Crippen LogP contribution in [0.5, 0.6) is 5.75 Å². The minimum Gasteiger partial charge on any atom is -0.497 e. The first-order valence-corrected chi connectivity index (χ1v) is 9.54. The predicted octanol–water partition coefficient (Wildman–Crippen LogP) is 5.01. The second kappa shape index (κ2) is 8.48. The number of imidazole rings is 1. The number of aromatic nitrogens is 2. The van der Waals surface area contributed by atoms with Crippen LogP contribution in [0.15, 0.2) is 55.1 Å². The van der Waals surface area contributed by atoms with Gasteiger partial charge in [-0.2, -0.15) is 0 Å². The Morgan fingerprint density at radius 1 is 1.29 bits per heavy atom. The van der Waals surface area contributed by atoms with E-state index in [2.05, 4.69) is 30.3 Å². The van der Waals surface area contributed by atoms with Crippen LogP contribution in [-0.2, 0) is 6.54 Å². The van der Waals surface area contributed by atoms with Crippen LogP contribution in [0.1, 0.15) is 36.1 Å². The lowest BCUT2D eigenvalue weighted by Gasteiger charge is -2.23. The van der Waals surface area contributed by atoms with Gasteiger partial charge in [-0.1, -0.05) is 31.5 Å². The number of hydrogen-bond donors (Lipinski definition) is 1. The Morgan fingerprint density at radius 2 is 2.00 bits per heavy atom. The van der Waals surface area contributed by atoms with Crippen molar-refractivity contribution in [2.75, 3.05) is 7.11 Å². The summed E-state index contributed by atoms with van der Waals surface area (Å²) in [6.07, 6.45) is 1.82. The van der Waals surface area contributed by atoms with Gasteiger partial charge in [-0.3, -0.25) is 4.79 Å². The van der Waals surface area contributed by atoms with Gasteiger partial charge in [0, 0.05) is 23.2 Å². The van der Waals surface area contributed by atoms with Gasteiger partial charge in [0.2, 0.25) is 0 Å². The number of carbonyl (C=O) groups excluding carboxylic acids is 1. The van der Waals surface area contributed by atoms with Crippen LogP contribution in [-0.4, -0.2) is 22.6 Å². The summed E-state index contributed by atoms with van der Waals surface area (Å²) in [5.41, 5.74) is 2.35. The Balaban J connectivity index is 2.02. The average molecular weight is 398 g/mol. The number of allylic oxidation sites excluding steroid dienone is 1. The normalized spacial score (nSPS) is 12.2. The molecule has 1 N–H and O–H groups in total. The average Bonchev–Trinajstić information content (AvgIpc) is 3.03. The fourth-order valence-corrected chi connectivity index (χ4v) is 3.29. The highest BCUT2D eigenvalue weighted by atomic mass is 35.5. The molecular weight excluding hydrogens is 374 g/mol. The molecule has 6 heteroatoms. The molecule has 0 aliphatic carbocycles. The number of rotatable bonds is 7. The third-order valence-corrected chi connectivity index (χ3v) is 4.89. The molecule has 28 heavy (non-hydrogen) atoms. The van der Waals surface area contributed by atoms with Gasteiger partial charge in [-0.05, 0) is 42.3 Å². The first-order valence-electron chi connectivity index (χ1n) is 9.16. The first-order chi connectivity index (χ1) is 13.4. The molecule has 0 bridgehead atoms. The lowest BCUT2D eigenvalue weighted by Crippen LogP contribution is -2.33. The van der Waals surface area contributed by atoms with E-state index in [1.165, 1.54) is 0 Å². The summed E-state index contributed by atoms with van der Waals surface area (Å²) in [6.45, 7) is 8.57. The van der Waals surface area contributed by atoms with Crippen molar-refractivity contribution in [3.8, 4) is 5.75 Å². The topological polar surface area (TPSA) is 56.2 Å². The molecule has 2 aromatic carbocycles. The van der Waals surface area contributed by atoms with E-state index in [1.807, 2.05) is 24.3 Å². The molecule has 1 atom stereocenters. The van der Waals surface area contributed by atoms with Crippen LogP contribution < -0.4 is 10.1 Å². The number of halogens is 1. The van der Waals surface area contributed by atoms with E-state index >= 15 is 0 Å². The molecule has 5 nitrogen and oxygen atoms in total. The summed E-state index contributed by atoms with van der Waals surface area (Å²) in [4.78, 5) is 17.6. The molecule has 1 amide bonds. The monoisotopic (exact) mass is 397 g/mol. The highest BCUT2D eigenvalue weighted by molar-refractivity contribution is 6.30. The maximum Gasteiger partial charge on any atom is 0.251 e. The molecule has 0 saturated heterocycles. The Bertz CT molecular complexity index is 993. The number of ether oxygens (including phenoxy) is 1. The first kappa shape index (κ1) is 20.0. The van der Waals surface area contributed by atoms with E-state index in [-0.39, 0.29) is 17.9 Å². The van der Waals surface area contributed by atoms with E-state index in [0.717, 1.165) is 22.6 Å². The molecule has 0 aliphatic rings. The second-order valence-corrected chi connectivity index (χ2v) is 7.36. The van der Waals surface area contributed by atoms with Gasteiger partial charge in [0.1, 0.15) is 11.6 Å². The molecule has 0 aliphatic heterocycles. The van der Waals surface area contributed by atoms with Gasteiger partial charge in [-0.25, -0.2) is 4.98 Å². The number of hydrogen-bond acceptors (Lipinski definition) is 3. The maximum atomic E-state index is 12.8. The Labute approximate surface area is 170 Å². The van der Waals surface area contributed by atoms with E-state index in [9.17, 15) is 4.79 Å². The molecule has 1 aromatic heterocycles. The lowest BCUT2D eigenvalue weighted by atomic mass is 10.0. The van der Waals surface area contributed by atoms with Crippen molar-refractivity contribution in [1.29, 1.82) is 0 Å². The zero-order valence-electron chi connectivity index (χ0n) is 16.3. The number of amides is 1. The van der Waals surface area contributed by atoms with Crippen LogP contribution in [0.25, 0.3) is 11.0 Å². The number of methoxy groups -OCH3 is 1. The molecular formula is C22H24ClN3O2. The molecule has 0 radical (unpaired) electrons. The Kier molecular flexibility index (Phi) is 6.05. The van der Waals surface area contributed by atoms with Crippen LogP contribution in [0.3, 0.4) is 0 Å². The van der Waals surface area contributed by atoms with Gasteiger partial charge in [0.15, 0.2) is 0 Å². The molecule has 1 unspecified atom stereocenters. The summed E-state index contributed by atoms with van der Waals surface area (Å²) in [6, 6.07) is 12.3. The van der Waals surface area contributed by atoms with Crippen LogP contribution in [0.2, 0.25) is 5.02 Å². The number of nitrogens with one attached hydrogen (secondary N) is 1. The van der Waals surface area contributed by atoms with Crippen molar-refractivity contribution in [1.82, 2.24) is 14.9 Å². The fourth-order valence-electron chi connectivity index (χ4n) is 3.16. The highest BCUT2D eigenvalue weighted by Crippen LogP contribution is 2.28. The zero-order chi connectivity index (χ0) is 20.3. The summed E-state index contributed by atoms with van der Waals surface area (Å²) in [7, 11) is 1.64. The van der Waals surface area contributed by atoms with Crippen molar-refractivity contribution in [3.63, 3.8) is 0 Å².